The van der Waals surface area contributed by atoms with E-state index in [1.165, 1.54) is 0 Å². The van der Waals surface area contributed by atoms with Crippen LogP contribution in [0.2, 0.25) is 0 Å². The predicted octanol–water partition coefficient (Wildman–Crippen LogP) is 3.85. The van der Waals surface area contributed by atoms with Crippen LogP contribution >= 0.6 is 0 Å². The smallest absolute Gasteiger partial charge is 0.225 e. The van der Waals surface area contributed by atoms with E-state index in [0.29, 0.717) is 11.7 Å². The van der Waals surface area contributed by atoms with E-state index in [9.17, 15) is 4.79 Å². The van der Waals surface area contributed by atoms with Crippen LogP contribution < -0.4 is 0 Å². The standard InChI is InChI=1S/C21H28N4O2/c1-13-10-17(27-24-13)16-11-22-20(21(2,3)4)23-18(16)15-6-5-9-25(12-15)19(26)14-7-8-14/h10-11,14-15H,5-9,12H2,1-4H3. The lowest BCUT2D eigenvalue weighted by Gasteiger charge is -2.33. The van der Waals surface area contributed by atoms with Gasteiger partial charge < -0.3 is 9.42 Å². The molecular formula is C21H28N4O2. The van der Waals surface area contributed by atoms with Crippen molar-refractivity contribution in [2.24, 2.45) is 5.92 Å². The highest BCUT2D eigenvalue weighted by Gasteiger charge is 2.36. The molecule has 144 valence electrons. The molecule has 0 radical (unpaired) electrons. The second kappa shape index (κ2) is 6.73. The van der Waals surface area contributed by atoms with Crippen LogP contribution in [0, 0.1) is 12.8 Å². The lowest BCUT2D eigenvalue weighted by molar-refractivity contribution is -0.133. The molecule has 1 atom stereocenters. The molecule has 6 heteroatoms. The Morgan fingerprint density at radius 3 is 2.67 bits per heavy atom. The van der Waals surface area contributed by atoms with Crippen LogP contribution in [0.3, 0.4) is 0 Å². The quantitative estimate of drug-likeness (QED) is 0.823. The van der Waals surface area contributed by atoms with Gasteiger partial charge in [0, 0.05) is 42.6 Å². The van der Waals surface area contributed by atoms with Gasteiger partial charge in [-0.2, -0.15) is 0 Å². The fourth-order valence-electron chi connectivity index (χ4n) is 3.74. The summed E-state index contributed by atoms with van der Waals surface area (Å²) < 4.78 is 5.52. The second-order valence-electron chi connectivity index (χ2n) is 8.97. The van der Waals surface area contributed by atoms with Crippen LogP contribution in [-0.4, -0.2) is 39.0 Å². The molecular weight excluding hydrogens is 340 g/mol. The molecule has 2 aliphatic rings. The molecule has 4 rings (SSSR count). The Bertz CT molecular complexity index is 848. The number of nitrogens with zero attached hydrogens (tertiary/aromatic N) is 4. The van der Waals surface area contributed by atoms with Crippen molar-refractivity contribution in [3.63, 3.8) is 0 Å². The summed E-state index contributed by atoms with van der Waals surface area (Å²) in [6, 6.07) is 1.93. The first kappa shape index (κ1) is 18.1. The molecule has 3 heterocycles. The van der Waals surface area contributed by atoms with E-state index >= 15 is 0 Å². The van der Waals surface area contributed by atoms with Gasteiger partial charge in [0.25, 0.3) is 0 Å². The summed E-state index contributed by atoms with van der Waals surface area (Å²) in [6.07, 6.45) is 5.99. The predicted molar refractivity (Wildman–Crippen MR) is 102 cm³/mol. The Labute approximate surface area is 160 Å². The highest BCUT2D eigenvalue weighted by Crippen LogP contribution is 2.37. The van der Waals surface area contributed by atoms with E-state index in [-0.39, 0.29) is 17.3 Å². The highest BCUT2D eigenvalue weighted by atomic mass is 16.5. The minimum atomic E-state index is -0.136. The molecule has 0 bridgehead atoms. The summed E-state index contributed by atoms with van der Waals surface area (Å²) in [6.45, 7) is 9.86. The summed E-state index contributed by atoms with van der Waals surface area (Å²) in [5.74, 6) is 2.31. The molecule has 0 aromatic carbocycles. The van der Waals surface area contributed by atoms with E-state index in [1.54, 1.807) is 0 Å². The van der Waals surface area contributed by atoms with Crippen LogP contribution in [0.5, 0.6) is 0 Å². The Morgan fingerprint density at radius 1 is 1.26 bits per heavy atom. The highest BCUT2D eigenvalue weighted by molar-refractivity contribution is 5.81. The van der Waals surface area contributed by atoms with Gasteiger partial charge in [-0.05, 0) is 32.6 Å². The van der Waals surface area contributed by atoms with Crippen LogP contribution in [0.25, 0.3) is 11.3 Å². The fourth-order valence-corrected chi connectivity index (χ4v) is 3.74. The number of carbonyl (C=O) groups excluding carboxylic acids is 1. The van der Waals surface area contributed by atoms with Gasteiger partial charge in [0.1, 0.15) is 5.82 Å². The maximum absolute atomic E-state index is 12.6. The molecule has 1 aliphatic carbocycles. The van der Waals surface area contributed by atoms with Crippen molar-refractivity contribution in [1.29, 1.82) is 0 Å². The first-order chi connectivity index (χ1) is 12.8. The van der Waals surface area contributed by atoms with Gasteiger partial charge in [0.15, 0.2) is 5.76 Å². The minimum absolute atomic E-state index is 0.136. The number of amides is 1. The van der Waals surface area contributed by atoms with E-state index in [2.05, 4.69) is 30.9 Å². The van der Waals surface area contributed by atoms with Crippen molar-refractivity contribution >= 4 is 5.91 Å². The number of rotatable bonds is 3. The normalized spacial score (nSPS) is 20.7. The third kappa shape index (κ3) is 3.75. The zero-order valence-corrected chi connectivity index (χ0v) is 16.7. The number of hydrogen-bond donors (Lipinski definition) is 0. The summed E-state index contributed by atoms with van der Waals surface area (Å²) in [5.41, 5.74) is 2.58. The van der Waals surface area contributed by atoms with Gasteiger partial charge in [-0.15, -0.1) is 0 Å². The van der Waals surface area contributed by atoms with E-state index in [1.807, 2.05) is 24.1 Å². The number of hydrogen-bond acceptors (Lipinski definition) is 5. The maximum Gasteiger partial charge on any atom is 0.225 e. The monoisotopic (exact) mass is 368 g/mol. The van der Waals surface area contributed by atoms with Crippen LogP contribution in [0.4, 0.5) is 0 Å². The number of piperidine rings is 1. The van der Waals surface area contributed by atoms with Gasteiger partial charge in [-0.1, -0.05) is 25.9 Å². The Balaban J connectivity index is 1.71. The first-order valence-electron chi connectivity index (χ1n) is 9.93. The van der Waals surface area contributed by atoms with Crippen molar-refractivity contribution in [2.75, 3.05) is 13.1 Å². The average molecular weight is 368 g/mol. The lowest BCUT2D eigenvalue weighted by Crippen LogP contribution is -2.40. The molecule has 2 fully saturated rings. The van der Waals surface area contributed by atoms with Gasteiger partial charge in [-0.25, -0.2) is 9.97 Å². The summed E-state index contributed by atoms with van der Waals surface area (Å²) in [7, 11) is 0. The lowest BCUT2D eigenvalue weighted by atomic mass is 9.89. The number of likely N-dealkylation sites (tertiary alicyclic amines) is 1. The van der Waals surface area contributed by atoms with E-state index < -0.39 is 0 Å². The Morgan fingerprint density at radius 2 is 2.04 bits per heavy atom. The first-order valence-corrected chi connectivity index (χ1v) is 9.93. The van der Waals surface area contributed by atoms with Crippen molar-refractivity contribution < 1.29 is 9.32 Å². The van der Waals surface area contributed by atoms with Crippen LogP contribution in [0.15, 0.2) is 16.8 Å². The second-order valence-corrected chi connectivity index (χ2v) is 8.97. The van der Waals surface area contributed by atoms with Crippen molar-refractivity contribution in [3.05, 3.63) is 29.5 Å². The number of aryl methyl sites for hydroxylation is 1. The molecule has 1 saturated carbocycles. The molecule has 0 spiro atoms. The Kier molecular flexibility index (Phi) is 4.52. The SMILES string of the molecule is Cc1cc(-c2cnc(C(C)(C)C)nc2C2CCCN(C(=O)C3CC3)C2)on1. The molecule has 1 amide bonds. The van der Waals surface area contributed by atoms with Gasteiger partial charge in [-0.3, -0.25) is 4.79 Å². The third-order valence-electron chi connectivity index (χ3n) is 5.43. The zero-order chi connectivity index (χ0) is 19.2. The van der Waals surface area contributed by atoms with Crippen molar-refractivity contribution in [3.8, 4) is 11.3 Å². The van der Waals surface area contributed by atoms with Crippen LogP contribution in [0.1, 0.15) is 69.6 Å². The van der Waals surface area contributed by atoms with Gasteiger partial charge in [0.2, 0.25) is 5.91 Å². The topological polar surface area (TPSA) is 72.1 Å². The zero-order valence-electron chi connectivity index (χ0n) is 16.7. The molecule has 6 nitrogen and oxygen atoms in total. The fraction of sp³-hybridized carbons (Fsp3) is 0.619. The molecule has 2 aromatic rings. The molecule has 0 N–H and O–H groups in total. The number of aromatic nitrogens is 3. The summed E-state index contributed by atoms with van der Waals surface area (Å²) in [5, 5.41) is 4.03. The summed E-state index contributed by atoms with van der Waals surface area (Å²) in [4.78, 5) is 24.2. The van der Waals surface area contributed by atoms with Gasteiger partial charge >= 0.3 is 0 Å². The largest absolute Gasteiger partial charge is 0.356 e. The molecule has 1 aliphatic heterocycles. The average Bonchev–Trinajstić information content (AvgIpc) is 3.41. The van der Waals surface area contributed by atoms with E-state index in [0.717, 1.165) is 61.5 Å². The maximum atomic E-state index is 12.6. The van der Waals surface area contributed by atoms with Crippen molar-refractivity contribution in [2.45, 2.75) is 64.7 Å². The van der Waals surface area contributed by atoms with Crippen LogP contribution in [-0.2, 0) is 10.2 Å². The molecule has 27 heavy (non-hydrogen) atoms. The number of carbonyl (C=O) groups is 1. The molecule has 1 unspecified atom stereocenters. The van der Waals surface area contributed by atoms with Gasteiger partial charge in [0.05, 0.1) is 17.0 Å². The minimum Gasteiger partial charge on any atom is -0.356 e. The summed E-state index contributed by atoms with van der Waals surface area (Å²) >= 11 is 0. The molecule has 1 saturated heterocycles. The Hall–Kier alpha value is -2.24. The van der Waals surface area contributed by atoms with E-state index in [4.69, 9.17) is 9.51 Å². The molecule has 2 aromatic heterocycles. The third-order valence-corrected chi connectivity index (χ3v) is 5.43. The van der Waals surface area contributed by atoms with Crippen molar-refractivity contribution in [1.82, 2.24) is 20.0 Å².